The predicted molar refractivity (Wildman–Crippen MR) is 34.4 cm³/mol. The molecule has 0 rings (SSSR count). The first-order valence-electron chi connectivity index (χ1n) is 2.09. The van der Waals surface area contributed by atoms with Gasteiger partial charge in [-0.05, 0) is 4.31 Å². The smallest absolute Gasteiger partial charge is 0.321 e. The van der Waals surface area contributed by atoms with Crippen molar-refractivity contribution < 1.29 is 23.2 Å². The number of terminal acetylenes is 1. The quantitative estimate of drug-likeness (QED) is 0.490. The number of hydrogen-bond donors (Lipinski definition) is 2. The largest absolute Gasteiger partial charge is 0.703 e. The normalized spacial score (nSPS) is 17.1. The van der Waals surface area contributed by atoms with Crippen LogP contribution in [-0.4, -0.2) is 15.9 Å². The van der Waals surface area contributed by atoms with Crippen molar-refractivity contribution >= 4 is 15.9 Å². The van der Waals surface area contributed by atoms with E-state index < -0.39 is 22.0 Å². The first-order valence-corrected chi connectivity index (χ1v) is 4.98. The summed E-state index contributed by atoms with van der Waals surface area (Å²) in [6.07, 6.45) is 4.09. The second-order valence-electron chi connectivity index (χ2n) is 1.32. The molecule has 0 aromatic heterocycles. The molecule has 2 atom stereocenters. The van der Waals surface area contributed by atoms with Gasteiger partial charge in [0.05, 0.1) is 0 Å². The molecular weight excluding hydrogens is 178 g/mol. The van der Waals surface area contributed by atoms with E-state index >= 15 is 0 Å². The van der Waals surface area contributed by atoms with E-state index in [9.17, 15) is 9.13 Å². The molecule has 0 aliphatic heterocycles. The van der Waals surface area contributed by atoms with E-state index in [1.807, 2.05) is 5.92 Å². The van der Waals surface area contributed by atoms with Gasteiger partial charge in [0.2, 0.25) is 0 Å². The Balaban J connectivity index is 4.03. The van der Waals surface area contributed by atoms with E-state index in [0.29, 0.717) is 0 Å². The fraction of sp³-hybridized carbons (Fsp3) is 0.333. The summed E-state index contributed by atoms with van der Waals surface area (Å²) in [6, 6.07) is 0. The van der Waals surface area contributed by atoms with E-state index in [0.717, 1.165) is 0 Å². The maximum absolute atomic E-state index is 10.5. The van der Waals surface area contributed by atoms with Crippen LogP contribution in [0.15, 0.2) is 0 Å². The third kappa shape index (κ3) is 4.63. The highest BCUT2D eigenvalue weighted by Gasteiger charge is 2.31. The Labute approximate surface area is 58.5 Å². The van der Waals surface area contributed by atoms with Gasteiger partial charge in [-0.2, -0.15) is 0 Å². The molecule has 7 heteroatoms. The molecule has 2 unspecified atom stereocenters. The molecule has 0 aromatic carbocycles. The minimum Gasteiger partial charge on any atom is -0.321 e. The Hall–Kier alpha value is -0.230. The standard InChI is InChI=1S/C3H4O5P2/c1-2-3-10(6,7)8-9(4)5/h1H,3H2,(H-,4,5,6,7)/p+1. The molecule has 0 radical (unpaired) electrons. The van der Waals surface area contributed by atoms with Gasteiger partial charge in [0.25, 0.3) is 0 Å². The molecule has 0 saturated heterocycles. The van der Waals surface area contributed by atoms with Crippen LogP contribution in [0.1, 0.15) is 0 Å². The molecule has 10 heavy (non-hydrogen) atoms. The summed E-state index contributed by atoms with van der Waals surface area (Å²) < 4.78 is 24.0. The van der Waals surface area contributed by atoms with Crippen LogP contribution in [0.5, 0.6) is 0 Å². The lowest BCUT2D eigenvalue weighted by Crippen LogP contribution is -1.85. The Morgan fingerprint density at radius 2 is 2.30 bits per heavy atom. The van der Waals surface area contributed by atoms with Crippen LogP contribution in [0.4, 0.5) is 0 Å². The van der Waals surface area contributed by atoms with E-state index in [4.69, 9.17) is 9.79 Å². The van der Waals surface area contributed by atoms with Gasteiger partial charge in [0.1, 0.15) is 6.16 Å². The second kappa shape index (κ2) is 3.82. The molecule has 2 N–H and O–H groups in total. The third-order valence-corrected chi connectivity index (χ3v) is 2.65. The van der Waals surface area contributed by atoms with Gasteiger partial charge in [0.15, 0.2) is 0 Å². The Morgan fingerprint density at radius 1 is 1.80 bits per heavy atom. The molecule has 0 amide bonds. The van der Waals surface area contributed by atoms with Gasteiger partial charge in [-0.1, -0.05) is 5.92 Å². The van der Waals surface area contributed by atoms with Crippen LogP contribution in [0, 0.1) is 12.3 Å². The van der Waals surface area contributed by atoms with Gasteiger partial charge in [-0.15, -0.1) is 11.3 Å². The molecule has 0 heterocycles. The summed E-state index contributed by atoms with van der Waals surface area (Å²) in [5, 5.41) is 0. The molecule has 0 bridgehead atoms. The molecule has 0 aliphatic carbocycles. The van der Waals surface area contributed by atoms with Crippen molar-refractivity contribution in [3.63, 3.8) is 0 Å². The van der Waals surface area contributed by atoms with E-state index in [1.54, 1.807) is 0 Å². The average molecular weight is 183 g/mol. The summed E-state index contributed by atoms with van der Waals surface area (Å²) in [4.78, 5) is 16.5. The van der Waals surface area contributed by atoms with Crippen LogP contribution in [0.2, 0.25) is 0 Å². The van der Waals surface area contributed by atoms with E-state index in [2.05, 4.69) is 10.7 Å². The van der Waals surface area contributed by atoms with Crippen LogP contribution >= 0.6 is 15.9 Å². The molecule has 56 valence electrons. The van der Waals surface area contributed by atoms with Crippen LogP contribution in [0.25, 0.3) is 0 Å². The number of hydrogen-bond acceptors (Lipinski definition) is 3. The van der Waals surface area contributed by atoms with Crippen molar-refractivity contribution in [2.75, 3.05) is 6.16 Å². The fourth-order valence-corrected chi connectivity index (χ4v) is 1.59. The first-order chi connectivity index (χ1) is 4.48. The SMILES string of the molecule is C#CCP(=O)(O)O[P+](=O)O. The van der Waals surface area contributed by atoms with Gasteiger partial charge in [-0.3, -0.25) is 4.57 Å². The summed E-state index contributed by atoms with van der Waals surface area (Å²) in [5.41, 5.74) is 0. The zero-order valence-corrected chi connectivity index (χ0v) is 6.59. The summed E-state index contributed by atoms with van der Waals surface area (Å²) in [7, 11) is -7.08. The van der Waals surface area contributed by atoms with Crippen molar-refractivity contribution in [3.8, 4) is 12.3 Å². The minimum absolute atomic E-state index is 0.561. The van der Waals surface area contributed by atoms with Crippen molar-refractivity contribution in [2.45, 2.75) is 0 Å². The Bertz CT molecular complexity index is 215. The maximum Gasteiger partial charge on any atom is 0.703 e. The Morgan fingerprint density at radius 3 is 2.60 bits per heavy atom. The highest BCUT2D eigenvalue weighted by molar-refractivity contribution is 7.59. The van der Waals surface area contributed by atoms with Crippen molar-refractivity contribution in [3.05, 3.63) is 0 Å². The fourth-order valence-electron chi connectivity index (χ4n) is 0.253. The highest BCUT2D eigenvalue weighted by atomic mass is 31.2. The van der Waals surface area contributed by atoms with E-state index in [-0.39, 0.29) is 0 Å². The molecule has 5 nitrogen and oxygen atoms in total. The zero-order chi connectivity index (χ0) is 8.20. The molecule has 0 saturated carbocycles. The summed E-state index contributed by atoms with van der Waals surface area (Å²) in [6.45, 7) is 0. The predicted octanol–water partition coefficient (Wildman–Crippen LogP) is 0.471. The van der Waals surface area contributed by atoms with Crippen molar-refractivity contribution in [1.29, 1.82) is 0 Å². The summed E-state index contributed by atoms with van der Waals surface area (Å²) in [5.74, 6) is 1.84. The highest BCUT2D eigenvalue weighted by Crippen LogP contribution is 2.48. The van der Waals surface area contributed by atoms with Crippen molar-refractivity contribution in [2.24, 2.45) is 0 Å². The zero-order valence-electron chi connectivity index (χ0n) is 4.80. The first kappa shape index (κ1) is 9.77. The number of rotatable bonds is 3. The summed E-state index contributed by atoms with van der Waals surface area (Å²) >= 11 is 0. The lowest BCUT2D eigenvalue weighted by molar-refractivity contribution is 0.353. The van der Waals surface area contributed by atoms with Gasteiger partial charge in [-0.25, -0.2) is 0 Å². The van der Waals surface area contributed by atoms with Crippen molar-refractivity contribution in [1.82, 2.24) is 0 Å². The van der Waals surface area contributed by atoms with E-state index in [1.165, 1.54) is 0 Å². The van der Waals surface area contributed by atoms with Crippen LogP contribution in [0.3, 0.4) is 0 Å². The van der Waals surface area contributed by atoms with Gasteiger partial charge >= 0.3 is 15.9 Å². The second-order valence-corrected chi connectivity index (χ2v) is 4.04. The molecule has 0 spiro atoms. The third-order valence-electron chi connectivity index (χ3n) is 0.489. The molecule has 0 fully saturated rings. The lowest BCUT2D eigenvalue weighted by Gasteiger charge is -1.94. The Kier molecular flexibility index (Phi) is 3.73. The monoisotopic (exact) mass is 183 g/mol. The minimum atomic E-state index is -4.02. The van der Waals surface area contributed by atoms with Gasteiger partial charge in [0, 0.05) is 4.57 Å². The van der Waals surface area contributed by atoms with Crippen LogP contribution in [-0.2, 0) is 13.4 Å². The molecular formula is C3H5O5P2+. The maximum atomic E-state index is 10.5. The molecule has 0 aliphatic rings. The average Bonchev–Trinajstić information content (AvgIpc) is 1.59. The van der Waals surface area contributed by atoms with Gasteiger partial charge < -0.3 is 4.89 Å². The lowest BCUT2D eigenvalue weighted by atomic mass is 10.8. The topological polar surface area (TPSA) is 83.8 Å². The molecule has 0 aromatic rings. The van der Waals surface area contributed by atoms with Crippen LogP contribution < -0.4 is 0 Å².